The lowest BCUT2D eigenvalue weighted by Gasteiger charge is -2.09. The molecule has 0 radical (unpaired) electrons. The molecule has 0 fully saturated rings. The van der Waals surface area contributed by atoms with Crippen LogP contribution in [-0.4, -0.2) is 47.6 Å². The Hall–Kier alpha value is -0.750. The molecule has 0 aliphatic heterocycles. The number of amides is 2. The van der Waals surface area contributed by atoms with Gasteiger partial charge < -0.3 is 15.7 Å². The van der Waals surface area contributed by atoms with E-state index in [0.29, 0.717) is 25.3 Å². The number of aliphatic hydroxyl groups excluding tert-OH is 1. The number of thioether (sulfide) groups is 1. The van der Waals surface area contributed by atoms with Crippen LogP contribution in [0.3, 0.4) is 0 Å². The summed E-state index contributed by atoms with van der Waals surface area (Å²) in [7, 11) is 0. The first kappa shape index (κ1) is 15.2. The van der Waals surface area contributed by atoms with Crippen molar-refractivity contribution in [3.8, 4) is 0 Å². The maximum absolute atomic E-state index is 11.3. The van der Waals surface area contributed by atoms with Gasteiger partial charge in [-0.3, -0.25) is 9.59 Å². The molecule has 0 saturated heterocycles. The van der Waals surface area contributed by atoms with E-state index in [2.05, 4.69) is 10.6 Å². The Labute approximate surface area is 100 Å². The van der Waals surface area contributed by atoms with Gasteiger partial charge in [-0.25, -0.2) is 0 Å². The molecule has 1 unspecified atom stereocenters. The minimum atomic E-state index is -0.0970. The second-order valence-corrected chi connectivity index (χ2v) is 4.89. The van der Waals surface area contributed by atoms with Gasteiger partial charge >= 0.3 is 0 Å². The van der Waals surface area contributed by atoms with Gasteiger partial charge in [-0.05, 0) is 6.42 Å². The van der Waals surface area contributed by atoms with Gasteiger partial charge in [0.2, 0.25) is 11.8 Å². The minimum absolute atomic E-state index is 0.0415. The van der Waals surface area contributed by atoms with Crippen LogP contribution < -0.4 is 10.6 Å². The number of aliphatic hydroxyl groups is 1. The fourth-order valence-electron chi connectivity index (χ4n) is 0.975. The van der Waals surface area contributed by atoms with Gasteiger partial charge in [-0.15, -0.1) is 11.8 Å². The van der Waals surface area contributed by atoms with E-state index in [-0.39, 0.29) is 23.7 Å². The molecular formula is C10H20N2O3S. The summed E-state index contributed by atoms with van der Waals surface area (Å²) < 4.78 is 0. The van der Waals surface area contributed by atoms with Gasteiger partial charge in [0.1, 0.15) is 0 Å². The topological polar surface area (TPSA) is 78.4 Å². The lowest BCUT2D eigenvalue weighted by atomic mass is 10.3. The smallest absolute Gasteiger partial charge is 0.230 e. The standard InChI is InChI=1S/C10H20N2O3S/c1-8(3-6-13)16-7-10(15)12-5-4-11-9(2)14/h8,13H,3-7H2,1-2H3,(H,11,14)(H,12,15). The van der Waals surface area contributed by atoms with E-state index in [1.165, 1.54) is 18.7 Å². The molecule has 2 amide bonds. The molecule has 6 heteroatoms. The van der Waals surface area contributed by atoms with Crippen LogP contribution in [0.1, 0.15) is 20.3 Å². The van der Waals surface area contributed by atoms with Crippen molar-refractivity contribution in [3.05, 3.63) is 0 Å². The summed E-state index contributed by atoms with van der Waals surface area (Å²) >= 11 is 1.51. The number of carbonyl (C=O) groups is 2. The first-order chi connectivity index (χ1) is 7.56. The van der Waals surface area contributed by atoms with Crippen LogP contribution in [0.5, 0.6) is 0 Å². The Kier molecular flexibility index (Phi) is 9.03. The zero-order valence-electron chi connectivity index (χ0n) is 9.78. The number of carbonyl (C=O) groups excluding carboxylic acids is 2. The Morgan fingerprint density at radius 3 is 2.50 bits per heavy atom. The summed E-state index contributed by atoms with van der Waals surface area (Å²) in [5.74, 6) is 0.252. The van der Waals surface area contributed by atoms with Crippen LogP contribution >= 0.6 is 11.8 Å². The Bertz CT molecular complexity index is 224. The number of nitrogens with one attached hydrogen (secondary N) is 2. The van der Waals surface area contributed by atoms with E-state index >= 15 is 0 Å². The van der Waals surface area contributed by atoms with Crippen LogP contribution in [0, 0.1) is 0 Å². The largest absolute Gasteiger partial charge is 0.396 e. The average Bonchev–Trinajstić information content (AvgIpc) is 2.22. The molecule has 1 atom stereocenters. The van der Waals surface area contributed by atoms with E-state index in [9.17, 15) is 9.59 Å². The summed E-state index contributed by atoms with van der Waals surface area (Å²) in [6.07, 6.45) is 0.698. The molecule has 0 aromatic rings. The molecule has 0 spiro atoms. The summed E-state index contributed by atoms with van der Waals surface area (Å²) in [5, 5.41) is 14.2. The zero-order valence-corrected chi connectivity index (χ0v) is 10.6. The van der Waals surface area contributed by atoms with Gasteiger partial charge in [-0.1, -0.05) is 6.92 Å². The van der Waals surface area contributed by atoms with E-state index in [1.54, 1.807) is 0 Å². The highest BCUT2D eigenvalue weighted by atomic mass is 32.2. The van der Waals surface area contributed by atoms with Gasteiger partial charge in [0.15, 0.2) is 0 Å². The maximum atomic E-state index is 11.3. The third kappa shape index (κ3) is 9.79. The zero-order chi connectivity index (χ0) is 12.4. The molecule has 3 N–H and O–H groups in total. The highest BCUT2D eigenvalue weighted by molar-refractivity contribution is 8.00. The third-order valence-electron chi connectivity index (χ3n) is 1.86. The van der Waals surface area contributed by atoms with Crippen LogP contribution in [-0.2, 0) is 9.59 Å². The Morgan fingerprint density at radius 1 is 1.31 bits per heavy atom. The van der Waals surface area contributed by atoms with E-state index in [0.717, 1.165) is 0 Å². The summed E-state index contributed by atoms with van der Waals surface area (Å²) in [6.45, 7) is 4.48. The summed E-state index contributed by atoms with van der Waals surface area (Å²) in [4.78, 5) is 21.8. The molecule has 0 rings (SSSR count). The van der Waals surface area contributed by atoms with Crippen LogP contribution in [0.15, 0.2) is 0 Å². The molecule has 0 heterocycles. The predicted octanol–water partition coefficient (Wildman–Crippen LogP) is -0.257. The number of hydrogen-bond acceptors (Lipinski definition) is 4. The quantitative estimate of drug-likeness (QED) is 0.517. The highest BCUT2D eigenvalue weighted by Gasteiger charge is 2.06. The molecule has 0 saturated carbocycles. The van der Waals surface area contributed by atoms with Crippen molar-refractivity contribution in [1.82, 2.24) is 10.6 Å². The molecule has 0 aromatic carbocycles. The fourth-order valence-corrected chi connectivity index (χ4v) is 1.78. The molecule has 94 valence electrons. The van der Waals surface area contributed by atoms with E-state index in [1.807, 2.05) is 6.92 Å². The maximum Gasteiger partial charge on any atom is 0.230 e. The van der Waals surface area contributed by atoms with Gasteiger partial charge in [0.25, 0.3) is 0 Å². The first-order valence-corrected chi connectivity index (χ1v) is 6.34. The molecule has 16 heavy (non-hydrogen) atoms. The summed E-state index contributed by atoms with van der Waals surface area (Å²) in [5.41, 5.74) is 0. The molecular weight excluding hydrogens is 228 g/mol. The van der Waals surface area contributed by atoms with Gasteiger partial charge in [0.05, 0.1) is 5.75 Å². The SMILES string of the molecule is CC(=O)NCCNC(=O)CSC(C)CCO. The summed E-state index contributed by atoms with van der Waals surface area (Å²) in [6, 6.07) is 0. The highest BCUT2D eigenvalue weighted by Crippen LogP contribution is 2.12. The predicted molar refractivity (Wildman–Crippen MR) is 65.3 cm³/mol. The van der Waals surface area contributed by atoms with Crippen molar-refractivity contribution in [3.63, 3.8) is 0 Å². The molecule has 5 nitrogen and oxygen atoms in total. The monoisotopic (exact) mass is 248 g/mol. The Balaban J connectivity index is 3.41. The van der Waals surface area contributed by atoms with Crippen LogP contribution in [0.25, 0.3) is 0 Å². The van der Waals surface area contributed by atoms with Crippen molar-refractivity contribution in [1.29, 1.82) is 0 Å². The van der Waals surface area contributed by atoms with Gasteiger partial charge in [-0.2, -0.15) is 0 Å². The van der Waals surface area contributed by atoms with Crippen LogP contribution in [0.4, 0.5) is 0 Å². The molecule has 0 aliphatic carbocycles. The molecule has 0 aromatic heterocycles. The molecule has 0 aliphatic rings. The van der Waals surface area contributed by atoms with E-state index < -0.39 is 0 Å². The van der Waals surface area contributed by atoms with E-state index in [4.69, 9.17) is 5.11 Å². The third-order valence-corrected chi connectivity index (χ3v) is 3.09. The first-order valence-electron chi connectivity index (χ1n) is 5.30. The van der Waals surface area contributed by atoms with Crippen LogP contribution in [0.2, 0.25) is 0 Å². The van der Waals surface area contributed by atoms with Crippen molar-refractivity contribution in [2.75, 3.05) is 25.4 Å². The van der Waals surface area contributed by atoms with Crippen molar-refractivity contribution >= 4 is 23.6 Å². The van der Waals surface area contributed by atoms with Gasteiger partial charge in [0, 0.05) is 31.9 Å². The van der Waals surface area contributed by atoms with Crippen molar-refractivity contribution in [2.45, 2.75) is 25.5 Å². The normalized spacial score (nSPS) is 11.9. The second kappa shape index (κ2) is 9.47. The molecule has 0 bridgehead atoms. The fraction of sp³-hybridized carbons (Fsp3) is 0.800. The van der Waals surface area contributed by atoms with Crippen molar-refractivity contribution < 1.29 is 14.7 Å². The Morgan fingerprint density at radius 2 is 1.94 bits per heavy atom. The number of rotatable bonds is 8. The lowest BCUT2D eigenvalue weighted by molar-refractivity contribution is -0.120. The number of hydrogen-bond donors (Lipinski definition) is 3. The van der Waals surface area contributed by atoms with Crippen molar-refractivity contribution in [2.24, 2.45) is 0 Å². The minimum Gasteiger partial charge on any atom is -0.396 e. The average molecular weight is 248 g/mol. The second-order valence-electron chi connectivity index (χ2n) is 3.47. The lowest BCUT2D eigenvalue weighted by Crippen LogP contribution is -2.34.